The Balaban J connectivity index is 2.17. The van der Waals surface area contributed by atoms with Crippen LogP contribution >= 0.6 is 11.6 Å². The molecule has 0 saturated heterocycles. The number of rotatable bonds is 4. The van der Waals surface area contributed by atoms with E-state index in [2.05, 4.69) is 0 Å². The number of carbonyl (C=O) groups excluding carboxylic acids is 1. The van der Waals surface area contributed by atoms with Crippen LogP contribution in [0.25, 0.3) is 0 Å². The predicted octanol–water partition coefficient (Wildman–Crippen LogP) is 3.16. The molecule has 0 fully saturated rings. The van der Waals surface area contributed by atoms with Gasteiger partial charge in [-0.2, -0.15) is 0 Å². The fourth-order valence-corrected chi connectivity index (χ4v) is 1.75. The molecule has 0 heterocycles. The summed E-state index contributed by atoms with van der Waals surface area (Å²) in [6.45, 7) is -0.0311. The quantitative estimate of drug-likeness (QED) is 0.935. The Hall–Kier alpha value is -2.07. The lowest BCUT2D eigenvalue weighted by Gasteiger charge is -2.09. The Bertz CT molecular complexity index is 616. The maximum Gasteiger partial charge on any atom is 0.248 e. The topological polar surface area (TPSA) is 52.3 Å². The van der Waals surface area contributed by atoms with Gasteiger partial charge in [0.15, 0.2) is 0 Å². The van der Waals surface area contributed by atoms with Crippen LogP contribution in [0.1, 0.15) is 15.9 Å². The second-order valence-electron chi connectivity index (χ2n) is 3.89. The van der Waals surface area contributed by atoms with Gasteiger partial charge >= 0.3 is 0 Å². The molecule has 0 aliphatic carbocycles. The number of primary amides is 1. The number of para-hydroxylation sites is 1. The van der Waals surface area contributed by atoms with Gasteiger partial charge in [0.25, 0.3) is 0 Å². The van der Waals surface area contributed by atoms with Crippen LogP contribution < -0.4 is 10.5 Å². The van der Waals surface area contributed by atoms with Gasteiger partial charge in [0.2, 0.25) is 5.91 Å². The predicted molar refractivity (Wildman–Crippen MR) is 70.7 cm³/mol. The molecule has 0 aliphatic rings. The summed E-state index contributed by atoms with van der Waals surface area (Å²) in [5.41, 5.74) is 5.62. The van der Waals surface area contributed by atoms with Crippen molar-refractivity contribution in [3.63, 3.8) is 0 Å². The molecule has 98 valence electrons. The molecule has 1 amide bonds. The van der Waals surface area contributed by atoms with Crippen LogP contribution in [0.15, 0.2) is 42.5 Å². The van der Waals surface area contributed by atoms with Crippen LogP contribution in [-0.2, 0) is 6.61 Å². The molecule has 0 atom stereocenters. The molecule has 0 bridgehead atoms. The minimum absolute atomic E-state index is 0.0311. The van der Waals surface area contributed by atoms with Crippen LogP contribution in [0.4, 0.5) is 4.39 Å². The summed E-state index contributed by atoms with van der Waals surface area (Å²) in [6.07, 6.45) is 0. The summed E-state index contributed by atoms with van der Waals surface area (Å²) in [5, 5.41) is 0.439. The smallest absolute Gasteiger partial charge is 0.248 e. The first kappa shape index (κ1) is 13.4. The van der Waals surface area contributed by atoms with E-state index in [-0.39, 0.29) is 17.7 Å². The van der Waals surface area contributed by atoms with E-state index in [9.17, 15) is 9.18 Å². The van der Waals surface area contributed by atoms with Crippen molar-refractivity contribution < 1.29 is 13.9 Å². The van der Waals surface area contributed by atoms with Gasteiger partial charge in [-0.3, -0.25) is 4.79 Å². The number of nitrogens with two attached hydrogens (primary N) is 1. The lowest BCUT2D eigenvalue weighted by molar-refractivity contribution is 0.1000. The monoisotopic (exact) mass is 279 g/mol. The number of halogens is 2. The lowest BCUT2D eigenvalue weighted by atomic mass is 10.1. The van der Waals surface area contributed by atoms with Crippen molar-refractivity contribution in [3.8, 4) is 5.75 Å². The number of ether oxygens (including phenoxy) is 1. The Morgan fingerprint density at radius 1 is 1.26 bits per heavy atom. The van der Waals surface area contributed by atoms with Crippen molar-refractivity contribution in [2.75, 3.05) is 0 Å². The summed E-state index contributed by atoms with van der Waals surface area (Å²) in [7, 11) is 0. The first-order valence-corrected chi connectivity index (χ1v) is 5.91. The highest BCUT2D eigenvalue weighted by atomic mass is 35.5. The molecule has 3 nitrogen and oxygen atoms in total. The summed E-state index contributed by atoms with van der Waals surface area (Å²) in [6, 6.07) is 10.8. The highest BCUT2D eigenvalue weighted by Crippen LogP contribution is 2.24. The normalized spacial score (nSPS) is 10.2. The SMILES string of the molecule is NC(=O)c1ccc(F)c(COc2ccccc2Cl)c1. The highest BCUT2D eigenvalue weighted by Gasteiger charge is 2.08. The third-order valence-corrected chi connectivity index (χ3v) is 2.86. The second kappa shape index (κ2) is 5.71. The molecule has 0 aliphatic heterocycles. The van der Waals surface area contributed by atoms with E-state index < -0.39 is 11.7 Å². The van der Waals surface area contributed by atoms with E-state index in [1.807, 2.05) is 0 Å². The van der Waals surface area contributed by atoms with Crippen LogP contribution in [0.2, 0.25) is 5.02 Å². The molecule has 0 spiro atoms. The summed E-state index contributed by atoms with van der Waals surface area (Å²) in [5.74, 6) is -0.621. The molecular weight excluding hydrogens is 269 g/mol. The number of carbonyl (C=O) groups is 1. The molecule has 0 saturated carbocycles. The van der Waals surface area contributed by atoms with Gasteiger partial charge < -0.3 is 10.5 Å². The number of benzene rings is 2. The van der Waals surface area contributed by atoms with Crippen molar-refractivity contribution in [1.82, 2.24) is 0 Å². The highest BCUT2D eigenvalue weighted by molar-refractivity contribution is 6.32. The van der Waals surface area contributed by atoms with Gasteiger partial charge in [0, 0.05) is 11.1 Å². The molecule has 0 aromatic heterocycles. The van der Waals surface area contributed by atoms with Crippen LogP contribution in [0.5, 0.6) is 5.75 Å². The number of hydrogen-bond donors (Lipinski definition) is 1. The van der Waals surface area contributed by atoms with E-state index in [0.717, 1.165) is 0 Å². The molecular formula is C14H11ClFNO2. The molecule has 5 heteroatoms. The Kier molecular flexibility index (Phi) is 4.02. The maximum atomic E-state index is 13.6. The average molecular weight is 280 g/mol. The minimum atomic E-state index is -0.612. The van der Waals surface area contributed by atoms with E-state index in [0.29, 0.717) is 10.8 Å². The van der Waals surface area contributed by atoms with E-state index in [1.165, 1.54) is 18.2 Å². The van der Waals surface area contributed by atoms with Gasteiger partial charge in [-0.25, -0.2) is 4.39 Å². The van der Waals surface area contributed by atoms with Crippen molar-refractivity contribution in [3.05, 3.63) is 64.4 Å². The second-order valence-corrected chi connectivity index (χ2v) is 4.30. The Morgan fingerprint density at radius 3 is 2.68 bits per heavy atom. The molecule has 0 unspecified atom stereocenters. The van der Waals surface area contributed by atoms with Crippen molar-refractivity contribution in [2.24, 2.45) is 5.73 Å². The molecule has 2 aromatic carbocycles. The lowest BCUT2D eigenvalue weighted by Crippen LogP contribution is -2.12. The largest absolute Gasteiger partial charge is 0.487 e. The van der Waals surface area contributed by atoms with E-state index >= 15 is 0 Å². The third-order valence-electron chi connectivity index (χ3n) is 2.55. The fourth-order valence-electron chi connectivity index (χ4n) is 1.56. The summed E-state index contributed by atoms with van der Waals surface area (Å²) >= 11 is 5.92. The number of hydrogen-bond acceptors (Lipinski definition) is 2. The fraction of sp³-hybridized carbons (Fsp3) is 0.0714. The van der Waals surface area contributed by atoms with E-state index in [1.54, 1.807) is 24.3 Å². The summed E-state index contributed by atoms with van der Waals surface area (Å²) < 4.78 is 19.0. The van der Waals surface area contributed by atoms with Gasteiger partial charge in [0.1, 0.15) is 18.2 Å². The molecule has 19 heavy (non-hydrogen) atoms. The minimum Gasteiger partial charge on any atom is -0.487 e. The zero-order valence-electron chi connectivity index (χ0n) is 9.90. The maximum absolute atomic E-state index is 13.6. The van der Waals surface area contributed by atoms with Crippen molar-refractivity contribution in [1.29, 1.82) is 0 Å². The molecule has 2 aromatic rings. The van der Waals surface area contributed by atoms with Gasteiger partial charge in [0.05, 0.1) is 5.02 Å². The molecule has 2 N–H and O–H groups in total. The zero-order valence-corrected chi connectivity index (χ0v) is 10.7. The third kappa shape index (κ3) is 3.23. The van der Waals surface area contributed by atoms with E-state index in [4.69, 9.17) is 22.1 Å². The number of amides is 1. The van der Waals surface area contributed by atoms with Crippen molar-refractivity contribution in [2.45, 2.75) is 6.61 Å². The van der Waals surface area contributed by atoms with Gasteiger partial charge in [-0.1, -0.05) is 23.7 Å². The standard InChI is InChI=1S/C14H11ClFNO2/c15-11-3-1-2-4-13(11)19-8-10-7-9(14(17)18)5-6-12(10)16/h1-7H,8H2,(H2,17,18). The average Bonchev–Trinajstić information content (AvgIpc) is 2.39. The molecule has 0 radical (unpaired) electrons. The first-order chi connectivity index (χ1) is 9.08. The van der Waals surface area contributed by atoms with Gasteiger partial charge in [-0.15, -0.1) is 0 Å². The first-order valence-electron chi connectivity index (χ1n) is 5.53. The van der Waals surface area contributed by atoms with Crippen LogP contribution in [0, 0.1) is 5.82 Å². The summed E-state index contributed by atoms with van der Waals surface area (Å²) in [4.78, 5) is 11.0. The van der Waals surface area contributed by atoms with Crippen LogP contribution in [0.3, 0.4) is 0 Å². The van der Waals surface area contributed by atoms with Crippen LogP contribution in [-0.4, -0.2) is 5.91 Å². The molecule has 2 rings (SSSR count). The van der Waals surface area contributed by atoms with Crippen molar-refractivity contribution >= 4 is 17.5 Å². The Labute approximate surface area is 114 Å². The zero-order chi connectivity index (χ0) is 13.8. The Morgan fingerprint density at radius 2 is 2.00 bits per heavy atom. The van der Waals surface area contributed by atoms with Gasteiger partial charge in [-0.05, 0) is 30.3 Å².